The normalized spacial score (nSPS) is 10.6. The first kappa shape index (κ1) is 13.0. The summed E-state index contributed by atoms with van der Waals surface area (Å²) in [6.45, 7) is 4.28. The van der Waals surface area contributed by atoms with Crippen LogP contribution in [0.2, 0.25) is 0 Å². The predicted molar refractivity (Wildman–Crippen MR) is 75.0 cm³/mol. The number of rotatable bonds is 5. The van der Waals surface area contributed by atoms with E-state index >= 15 is 0 Å². The number of nitrogens with two attached hydrogens (primary N) is 1. The number of aromatic nitrogens is 2. The maximum Gasteiger partial charge on any atom is 0.140 e. The van der Waals surface area contributed by atoms with Crippen LogP contribution in [0.4, 0.5) is 5.82 Å². The highest BCUT2D eigenvalue weighted by Crippen LogP contribution is 2.19. The second kappa shape index (κ2) is 6.52. The molecule has 1 heterocycles. The molecule has 0 aliphatic carbocycles. The van der Waals surface area contributed by atoms with Crippen LogP contribution in [-0.2, 0) is 12.2 Å². The smallest absolute Gasteiger partial charge is 0.140 e. The van der Waals surface area contributed by atoms with Crippen molar-refractivity contribution in [3.63, 3.8) is 0 Å². The summed E-state index contributed by atoms with van der Waals surface area (Å²) >= 11 is 4.05. The molecule has 1 aromatic rings. The van der Waals surface area contributed by atoms with E-state index in [1.165, 1.54) is 0 Å². The van der Waals surface area contributed by atoms with E-state index in [1.807, 2.05) is 11.8 Å². The molecule has 1 rings (SSSR count). The van der Waals surface area contributed by atoms with Crippen LogP contribution in [-0.4, -0.2) is 15.7 Å². The molecular weight excluding hydrogens is 321 g/mol. The number of nitrogens with zero attached hydrogens (tertiary/aromatic N) is 2. The van der Waals surface area contributed by atoms with Crippen molar-refractivity contribution in [2.45, 2.75) is 32.4 Å². The molecular formula is C10H16IN3S. The topological polar surface area (TPSA) is 51.8 Å². The molecule has 0 aliphatic heterocycles. The van der Waals surface area contributed by atoms with Crippen molar-refractivity contribution in [2.75, 3.05) is 11.5 Å². The van der Waals surface area contributed by atoms with E-state index in [4.69, 9.17) is 5.73 Å². The van der Waals surface area contributed by atoms with Crippen molar-refractivity contribution in [3.05, 3.63) is 15.1 Å². The Labute approximate surface area is 109 Å². The molecule has 5 heteroatoms. The maximum atomic E-state index is 5.86. The molecule has 15 heavy (non-hydrogen) atoms. The molecule has 2 N–H and O–H groups in total. The first-order valence-corrected chi connectivity index (χ1v) is 7.30. The number of thioether (sulfide) groups is 1. The monoisotopic (exact) mass is 337 g/mol. The van der Waals surface area contributed by atoms with E-state index in [2.05, 4.69) is 46.4 Å². The van der Waals surface area contributed by atoms with Gasteiger partial charge in [0.2, 0.25) is 0 Å². The SMILES string of the molecule is CCCc1nc(CSCC)nc(N)c1I. The standard InChI is InChI=1S/C10H16IN3S/c1-3-5-7-9(11)10(12)14-8(13-7)6-15-4-2/h3-6H2,1-2H3,(H2,12,13,14). The lowest BCUT2D eigenvalue weighted by Gasteiger charge is -2.07. The van der Waals surface area contributed by atoms with Gasteiger partial charge in [-0.3, -0.25) is 0 Å². The Hall–Kier alpha value is -0.0400. The van der Waals surface area contributed by atoms with Gasteiger partial charge in [-0.15, -0.1) is 0 Å². The summed E-state index contributed by atoms with van der Waals surface area (Å²) in [7, 11) is 0. The summed E-state index contributed by atoms with van der Waals surface area (Å²) in [5.41, 5.74) is 6.95. The first-order valence-electron chi connectivity index (χ1n) is 5.07. The van der Waals surface area contributed by atoms with Gasteiger partial charge >= 0.3 is 0 Å². The van der Waals surface area contributed by atoms with Gasteiger partial charge in [-0.2, -0.15) is 11.8 Å². The molecule has 0 saturated heterocycles. The minimum absolute atomic E-state index is 0.626. The third-order valence-electron chi connectivity index (χ3n) is 1.91. The Bertz CT molecular complexity index is 331. The molecule has 3 nitrogen and oxygen atoms in total. The van der Waals surface area contributed by atoms with Gasteiger partial charge < -0.3 is 5.73 Å². The summed E-state index contributed by atoms with van der Waals surface area (Å²) in [5.74, 6) is 3.43. The molecule has 0 atom stereocenters. The highest BCUT2D eigenvalue weighted by atomic mass is 127. The van der Waals surface area contributed by atoms with Gasteiger partial charge in [0.05, 0.1) is 15.0 Å². The fourth-order valence-electron chi connectivity index (χ4n) is 1.23. The summed E-state index contributed by atoms with van der Waals surface area (Å²) in [5, 5.41) is 0. The van der Waals surface area contributed by atoms with Crippen molar-refractivity contribution >= 4 is 40.2 Å². The van der Waals surface area contributed by atoms with E-state index < -0.39 is 0 Å². The van der Waals surface area contributed by atoms with Crippen LogP contribution in [0.1, 0.15) is 31.8 Å². The molecule has 0 amide bonds. The van der Waals surface area contributed by atoms with Crippen LogP contribution in [0.25, 0.3) is 0 Å². The second-order valence-corrected chi connectivity index (χ2v) is 5.53. The number of hydrogen-bond donors (Lipinski definition) is 1. The highest BCUT2D eigenvalue weighted by Gasteiger charge is 2.08. The molecule has 0 spiro atoms. The quantitative estimate of drug-likeness (QED) is 0.840. The minimum atomic E-state index is 0.626. The average Bonchev–Trinajstić information content (AvgIpc) is 2.22. The van der Waals surface area contributed by atoms with E-state index in [0.29, 0.717) is 5.82 Å². The Morgan fingerprint density at radius 2 is 2.07 bits per heavy atom. The van der Waals surface area contributed by atoms with Crippen LogP contribution in [0.3, 0.4) is 0 Å². The van der Waals surface area contributed by atoms with Crippen LogP contribution in [0, 0.1) is 3.57 Å². The van der Waals surface area contributed by atoms with Gasteiger partial charge in [-0.1, -0.05) is 20.3 Å². The molecule has 0 saturated carbocycles. The fraction of sp³-hybridized carbons (Fsp3) is 0.600. The van der Waals surface area contributed by atoms with E-state index in [0.717, 1.165) is 39.4 Å². The van der Waals surface area contributed by atoms with Crippen molar-refractivity contribution in [1.29, 1.82) is 0 Å². The predicted octanol–water partition coefficient (Wildman–Crippen LogP) is 2.87. The van der Waals surface area contributed by atoms with Crippen molar-refractivity contribution in [1.82, 2.24) is 9.97 Å². The Kier molecular flexibility index (Phi) is 5.66. The zero-order valence-electron chi connectivity index (χ0n) is 9.09. The second-order valence-electron chi connectivity index (χ2n) is 3.17. The molecule has 84 valence electrons. The third kappa shape index (κ3) is 3.79. The maximum absolute atomic E-state index is 5.86. The summed E-state index contributed by atoms with van der Waals surface area (Å²) in [6.07, 6.45) is 2.07. The van der Waals surface area contributed by atoms with Gasteiger partial charge in [0, 0.05) is 0 Å². The van der Waals surface area contributed by atoms with E-state index in [1.54, 1.807) is 0 Å². The average molecular weight is 337 g/mol. The van der Waals surface area contributed by atoms with Crippen molar-refractivity contribution in [3.8, 4) is 0 Å². The van der Waals surface area contributed by atoms with Gasteiger partial charge in [-0.25, -0.2) is 9.97 Å². The lowest BCUT2D eigenvalue weighted by atomic mass is 10.2. The lowest BCUT2D eigenvalue weighted by molar-refractivity contribution is 0.848. The van der Waals surface area contributed by atoms with E-state index in [9.17, 15) is 0 Å². The fourth-order valence-corrected chi connectivity index (χ4v) is 2.25. The summed E-state index contributed by atoms with van der Waals surface area (Å²) in [6, 6.07) is 0. The third-order valence-corrected chi connectivity index (χ3v) is 3.96. The van der Waals surface area contributed by atoms with Crippen molar-refractivity contribution < 1.29 is 0 Å². The molecule has 0 radical (unpaired) electrons. The molecule has 0 fully saturated rings. The van der Waals surface area contributed by atoms with E-state index in [-0.39, 0.29) is 0 Å². The van der Waals surface area contributed by atoms with Crippen LogP contribution in [0.15, 0.2) is 0 Å². The van der Waals surface area contributed by atoms with Gasteiger partial charge in [0.25, 0.3) is 0 Å². The molecule has 1 aromatic heterocycles. The molecule has 0 aromatic carbocycles. The summed E-state index contributed by atoms with van der Waals surface area (Å²) < 4.78 is 1.01. The lowest BCUT2D eigenvalue weighted by Crippen LogP contribution is -2.06. The van der Waals surface area contributed by atoms with Gasteiger partial charge in [0.15, 0.2) is 0 Å². The zero-order chi connectivity index (χ0) is 11.3. The molecule has 0 unspecified atom stereocenters. The Morgan fingerprint density at radius 3 is 2.67 bits per heavy atom. The summed E-state index contributed by atoms with van der Waals surface area (Å²) in [4.78, 5) is 8.83. The Balaban J connectivity index is 2.90. The number of anilines is 1. The molecule has 0 aliphatic rings. The number of halogens is 1. The highest BCUT2D eigenvalue weighted by molar-refractivity contribution is 14.1. The molecule has 0 bridgehead atoms. The van der Waals surface area contributed by atoms with Gasteiger partial charge in [-0.05, 0) is 34.8 Å². The minimum Gasteiger partial charge on any atom is -0.383 e. The zero-order valence-corrected chi connectivity index (χ0v) is 12.1. The number of nitrogen functional groups attached to an aromatic ring is 1. The Morgan fingerprint density at radius 1 is 1.33 bits per heavy atom. The van der Waals surface area contributed by atoms with Crippen LogP contribution >= 0.6 is 34.4 Å². The largest absolute Gasteiger partial charge is 0.383 e. The first-order chi connectivity index (χ1) is 7.19. The number of aryl methyl sites for hydroxylation is 1. The van der Waals surface area contributed by atoms with Crippen LogP contribution in [0.5, 0.6) is 0 Å². The van der Waals surface area contributed by atoms with Crippen LogP contribution < -0.4 is 5.73 Å². The van der Waals surface area contributed by atoms with Crippen molar-refractivity contribution in [2.24, 2.45) is 0 Å². The van der Waals surface area contributed by atoms with Gasteiger partial charge in [0.1, 0.15) is 11.6 Å². The number of hydrogen-bond acceptors (Lipinski definition) is 4.